The zero-order chi connectivity index (χ0) is 20.3. The van der Waals surface area contributed by atoms with Crippen molar-refractivity contribution in [2.24, 2.45) is 0 Å². The van der Waals surface area contributed by atoms with E-state index in [9.17, 15) is 13.9 Å². The van der Waals surface area contributed by atoms with Crippen LogP contribution in [0.15, 0.2) is 54.6 Å². The van der Waals surface area contributed by atoms with Crippen molar-refractivity contribution in [2.75, 3.05) is 60.6 Å². The molecule has 0 aromatic heterocycles. The molecule has 2 fully saturated rings. The van der Waals surface area contributed by atoms with Gasteiger partial charge in [-0.25, -0.2) is 4.79 Å². The summed E-state index contributed by atoms with van der Waals surface area (Å²) in [6.45, 7) is 3.97. The third-order valence-corrected chi connectivity index (χ3v) is 7.10. The third-order valence-electron chi connectivity index (χ3n) is 5.42. The standard InChI is InChI=1S/C21H27N3O4S/c25-21(24-11-9-22(10-12-24)18-5-2-1-3-6-18)28-20-8-4-7-19(17-20)23-13-15-29(26,27)16-14-23/h1-8,17,26-27H,9-16H2. The van der Waals surface area contributed by atoms with Gasteiger partial charge >= 0.3 is 6.09 Å². The van der Waals surface area contributed by atoms with E-state index in [1.807, 2.05) is 36.4 Å². The summed E-state index contributed by atoms with van der Waals surface area (Å²) in [4.78, 5) is 18.7. The van der Waals surface area contributed by atoms with Gasteiger partial charge in [0.1, 0.15) is 5.75 Å². The molecular formula is C21H27N3O4S. The Kier molecular flexibility index (Phi) is 5.84. The average Bonchev–Trinajstić information content (AvgIpc) is 2.75. The maximum atomic E-state index is 12.6. The molecule has 2 N–H and O–H groups in total. The van der Waals surface area contributed by atoms with E-state index in [1.54, 1.807) is 11.0 Å². The van der Waals surface area contributed by atoms with Gasteiger partial charge in [-0.2, -0.15) is 10.6 Å². The van der Waals surface area contributed by atoms with Gasteiger partial charge in [0.15, 0.2) is 0 Å². The van der Waals surface area contributed by atoms with Crippen LogP contribution < -0.4 is 14.5 Å². The fourth-order valence-corrected chi connectivity index (χ4v) is 4.91. The van der Waals surface area contributed by atoms with Crippen molar-refractivity contribution < 1.29 is 18.6 Å². The first-order valence-electron chi connectivity index (χ1n) is 9.86. The van der Waals surface area contributed by atoms with E-state index in [1.165, 1.54) is 5.69 Å². The second-order valence-electron chi connectivity index (χ2n) is 7.37. The van der Waals surface area contributed by atoms with Crippen LogP contribution in [-0.4, -0.2) is 70.9 Å². The number of nitrogens with zero attached hydrogens (tertiary/aromatic N) is 3. The number of para-hydroxylation sites is 1. The number of ether oxygens (including phenoxy) is 1. The lowest BCUT2D eigenvalue weighted by Crippen LogP contribution is -2.49. The van der Waals surface area contributed by atoms with Gasteiger partial charge in [-0.1, -0.05) is 24.3 Å². The van der Waals surface area contributed by atoms with Crippen LogP contribution in [-0.2, 0) is 0 Å². The van der Waals surface area contributed by atoms with Crippen molar-refractivity contribution in [1.29, 1.82) is 0 Å². The van der Waals surface area contributed by atoms with E-state index in [-0.39, 0.29) is 6.09 Å². The number of carbonyl (C=O) groups is 1. The summed E-state index contributed by atoms with van der Waals surface area (Å²) in [7, 11) is -2.43. The molecule has 29 heavy (non-hydrogen) atoms. The fraction of sp³-hybridized carbons (Fsp3) is 0.381. The Morgan fingerprint density at radius 3 is 2.10 bits per heavy atom. The number of hydrogen-bond donors (Lipinski definition) is 2. The van der Waals surface area contributed by atoms with Gasteiger partial charge in [-0.05, 0) is 24.3 Å². The fourth-order valence-electron chi connectivity index (χ4n) is 3.68. The molecule has 0 spiro atoms. The highest BCUT2D eigenvalue weighted by Crippen LogP contribution is 2.41. The maximum absolute atomic E-state index is 12.6. The molecule has 7 nitrogen and oxygen atoms in total. The SMILES string of the molecule is O=C(Oc1cccc(N2CCS(O)(O)CC2)c1)N1CCN(c2ccccc2)CC1. The topological polar surface area (TPSA) is 76.5 Å². The molecule has 0 unspecified atom stereocenters. The quantitative estimate of drug-likeness (QED) is 0.795. The number of benzene rings is 2. The Bertz CT molecular complexity index is 831. The first-order chi connectivity index (χ1) is 14.0. The summed E-state index contributed by atoms with van der Waals surface area (Å²) in [6.07, 6.45) is -0.331. The third kappa shape index (κ3) is 4.95. The Hall–Kier alpha value is -2.42. The molecule has 0 radical (unpaired) electrons. The van der Waals surface area contributed by atoms with E-state index < -0.39 is 10.6 Å². The van der Waals surface area contributed by atoms with Crippen LogP contribution in [0.25, 0.3) is 0 Å². The highest BCUT2D eigenvalue weighted by atomic mass is 32.3. The molecule has 2 aliphatic rings. The molecule has 1 amide bonds. The molecule has 8 heteroatoms. The van der Waals surface area contributed by atoms with Gasteiger partial charge in [0.05, 0.1) is 11.5 Å². The van der Waals surface area contributed by atoms with Crippen molar-refractivity contribution >= 4 is 28.1 Å². The molecule has 2 saturated heterocycles. The predicted molar refractivity (Wildman–Crippen MR) is 117 cm³/mol. The lowest BCUT2D eigenvalue weighted by atomic mass is 10.2. The van der Waals surface area contributed by atoms with Crippen LogP contribution in [0.1, 0.15) is 0 Å². The monoisotopic (exact) mass is 417 g/mol. The second-order valence-corrected chi connectivity index (χ2v) is 9.79. The minimum Gasteiger partial charge on any atom is -0.410 e. The van der Waals surface area contributed by atoms with Crippen LogP contribution in [0.2, 0.25) is 0 Å². The largest absolute Gasteiger partial charge is 0.415 e. The first kappa shape index (κ1) is 19.9. The van der Waals surface area contributed by atoms with E-state index >= 15 is 0 Å². The number of hydrogen-bond acceptors (Lipinski definition) is 6. The van der Waals surface area contributed by atoms with Crippen molar-refractivity contribution in [1.82, 2.24) is 4.90 Å². The Balaban J connectivity index is 1.32. The summed E-state index contributed by atoms with van der Waals surface area (Å²) >= 11 is 0. The van der Waals surface area contributed by atoms with Gasteiger partial charge in [0.2, 0.25) is 0 Å². The molecule has 0 atom stereocenters. The first-order valence-corrected chi connectivity index (χ1v) is 11.7. The van der Waals surface area contributed by atoms with Crippen molar-refractivity contribution in [3.05, 3.63) is 54.6 Å². The lowest BCUT2D eigenvalue weighted by molar-refractivity contribution is 0.149. The molecule has 4 rings (SSSR count). The molecule has 2 aromatic rings. The normalized spacial score (nSPS) is 20.3. The molecule has 2 aromatic carbocycles. The van der Waals surface area contributed by atoms with Crippen LogP contribution in [0.5, 0.6) is 5.75 Å². The van der Waals surface area contributed by atoms with Crippen molar-refractivity contribution in [3.8, 4) is 5.75 Å². The maximum Gasteiger partial charge on any atom is 0.415 e. The predicted octanol–water partition coefficient (Wildman–Crippen LogP) is 3.58. The molecule has 0 saturated carbocycles. The molecule has 156 valence electrons. The van der Waals surface area contributed by atoms with Gasteiger partial charge in [0, 0.05) is 56.7 Å². The minimum atomic E-state index is -2.43. The highest BCUT2D eigenvalue weighted by molar-refractivity contribution is 8.24. The van der Waals surface area contributed by atoms with Crippen molar-refractivity contribution in [3.63, 3.8) is 0 Å². The highest BCUT2D eigenvalue weighted by Gasteiger charge is 2.24. The zero-order valence-corrected chi connectivity index (χ0v) is 17.1. The Morgan fingerprint density at radius 1 is 0.793 bits per heavy atom. The van der Waals surface area contributed by atoms with Gasteiger partial charge < -0.3 is 19.4 Å². The molecule has 0 aliphatic carbocycles. The number of carbonyl (C=O) groups excluding carboxylic acids is 1. The molecule has 2 heterocycles. The summed E-state index contributed by atoms with van der Waals surface area (Å²) < 4.78 is 25.2. The average molecular weight is 418 g/mol. The van der Waals surface area contributed by atoms with E-state index in [2.05, 4.69) is 21.9 Å². The van der Waals surface area contributed by atoms with Gasteiger partial charge in [-0.15, -0.1) is 0 Å². The lowest BCUT2D eigenvalue weighted by Gasteiger charge is -2.41. The summed E-state index contributed by atoms with van der Waals surface area (Å²) in [5.41, 5.74) is 2.10. The van der Waals surface area contributed by atoms with Gasteiger partial charge in [0.25, 0.3) is 0 Å². The van der Waals surface area contributed by atoms with Gasteiger partial charge in [-0.3, -0.25) is 9.11 Å². The molecule has 0 bridgehead atoms. The van der Waals surface area contributed by atoms with Crippen LogP contribution in [0.3, 0.4) is 0 Å². The zero-order valence-electron chi connectivity index (χ0n) is 16.3. The van der Waals surface area contributed by atoms with Crippen molar-refractivity contribution in [2.45, 2.75) is 0 Å². The molecular weight excluding hydrogens is 390 g/mol. The Morgan fingerprint density at radius 2 is 1.41 bits per heavy atom. The van der Waals surface area contributed by atoms with Crippen LogP contribution in [0.4, 0.5) is 16.2 Å². The Labute approximate surface area is 172 Å². The minimum absolute atomic E-state index is 0.331. The summed E-state index contributed by atoms with van der Waals surface area (Å²) in [6, 6.07) is 17.6. The van der Waals surface area contributed by atoms with Crippen LogP contribution >= 0.6 is 10.6 Å². The number of piperazine rings is 1. The summed E-state index contributed by atoms with van der Waals surface area (Å²) in [5, 5.41) is 0. The smallest absolute Gasteiger partial charge is 0.410 e. The van der Waals surface area contributed by atoms with E-state index in [4.69, 9.17) is 4.74 Å². The van der Waals surface area contributed by atoms with Crippen LogP contribution in [0, 0.1) is 0 Å². The van der Waals surface area contributed by atoms with E-state index in [0.29, 0.717) is 43.4 Å². The summed E-state index contributed by atoms with van der Waals surface area (Å²) in [5.74, 6) is 1.26. The number of anilines is 2. The second kappa shape index (κ2) is 8.52. The van der Waals surface area contributed by atoms with E-state index in [0.717, 1.165) is 18.8 Å². The number of rotatable bonds is 3. The molecule has 2 aliphatic heterocycles. The number of amides is 1.